The highest BCUT2D eigenvalue weighted by Gasteiger charge is 2.10. The van der Waals surface area contributed by atoms with Crippen LogP contribution in [0.5, 0.6) is 11.5 Å². The largest absolute Gasteiger partial charge is 0.462 e. The molecule has 0 unspecified atom stereocenters. The van der Waals surface area contributed by atoms with E-state index in [0.717, 1.165) is 63.4 Å². The Bertz CT molecular complexity index is 764. The first-order chi connectivity index (χ1) is 16.8. The lowest BCUT2D eigenvalue weighted by Crippen LogP contribution is -2.15. The van der Waals surface area contributed by atoms with Gasteiger partial charge in [-0.15, -0.1) is 0 Å². The molecule has 0 amide bonds. The number of allylic oxidation sites excluding steroid dienone is 1. The summed E-state index contributed by atoms with van der Waals surface area (Å²) in [4.78, 5) is 33.9. The van der Waals surface area contributed by atoms with Crippen molar-refractivity contribution in [3.05, 3.63) is 35.9 Å². The van der Waals surface area contributed by atoms with Gasteiger partial charge in [0.1, 0.15) is 17.6 Å². The minimum Gasteiger partial charge on any atom is -0.462 e. The summed E-state index contributed by atoms with van der Waals surface area (Å²) in [6.45, 7) is 6.37. The number of ether oxygens (including phenoxy) is 3. The molecule has 0 saturated carbocycles. The van der Waals surface area contributed by atoms with E-state index in [1.165, 1.54) is 46.5 Å². The third-order valence-electron chi connectivity index (χ3n) is 5.58. The van der Waals surface area contributed by atoms with Crippen LogP contribution < -0.4 is 9.47 Å². The zero-order chi connectivity index (χ0) is 25.9. The number of hydrogen-bond donors (Lipinski definition) is 0. The predicted molar refractivity (Wildman–Crippen MR) is 139 cm³/mol. The van der Waals surface area contributed by atoms with Gasteiger partial charge >= 0.3 is 17.9 Å². The second-order valence-corrected chi connectivity index (χ2v) is 9.09. The molecule has 0 heterocycles. The number of hydrogen-bond acceptors (Lipinski definition) is 6. The fourth-order valence-corrected chi connectivity index (χ4v) is 3.97. The molecule has 1 rings (SSSR count). The lowest BCUT2D eigenvalue weighted by atomic mass is 10.0. The molecule has 0 aliphatic carbocycles. The Balaban J connectivity index is 2.27. The Labute approximate surface area is 211 Å². The molecule has 0 fully saturated rings. The van der Waals surface area contributed by atoms with Crippen LogP contribution in [0.1, 0.15) is 110 Å². The van der Waals surface area contributed by atoms with Gasteiger partial charge in [0.15, 0.2) is 0 Å². The van der Waals surface area contributed by atoms with Crippen molar-refractivity contribution in [2.24, 2.45) is 0 Å². The molecule has 35 heavy (non-hydrogen) atoms. The number of unbranched alkanes of at least 4 members (excludes halogenated alkanes) is 8. The normalized spacial score (nSPS) is 11.9. The van der Waals surface area contributed by atoms with Crippen LogP contribution in [0.2, 0.25) is 0 Å². The van der Waals surface area contributed by atoms with Crippen LogP contribution in [0.4, 0.5) is 0 Å². The molecule has 0 N–H and O–H groups in total. The first-order valence-electron chi connectivity index (χ1n) is 13.1. The van der Waals surface area contributed by atoms with Crippen molar-refractivity contribution in [2.75, 3.05) is 0 Å². The van der Waals surface area contributed by atoms with Gasteiger partial charge in [-0.3, -0.25) is 14.4 Å². The molecule has 0 aromatic heterocycles. The molecule has 196 valence electrons. The molecule has 6 nitrogen and oxygen atoms in total. The SMILES string of the molecule is CCCCCC[C@@H](CC=CCCCCCCCc1cc(OC(C)=O)cc(OC(C)=O)c1)OC(C)=O. The van der Waals surface area contributed by atoms with E-state index < -0.39 is 11.9 Å². The van der Waals surface area contributed by atoms with Gasteiger partial charge in [0.05, 0.1) is 0 Å². The Kier molecular flexibility index (Phi) is 16.2. The van der Waals surface area contributed by atoms with E-state index in [4.69, 9.17) is 14.2 Å². The van der Waals surface area contributed by atoms with Gasteiger partial charge < -0.3 is 14.2 Å². The maximum atomic E-state index is 11.3. The van der Waals surface area contributed by atoms with Gasteiger partial charge in [0.2, 0.25) is 0 Å². The van der Waals surface area contributed by atoms with Gasteiger partial charge in [0, 0.05) is 33.3 Å². The van der Waals surface area contributed by atoms with Crippen LogP contribution >= 0.6 is 0 Å². The maximum Gasteiger partial charge on any atom is 0.308 e. The summed E-state index contributed by atoms with van der Waals surface area (Å²) >= 11 is 0. The van der Waals surface area contributed by atoms with Gasteiger partial charge in [-0.1, -0.05) is 57.6 Å². The molecule has 0 radical (unpaired) electrons. The third kappa shape index (κ3) is 16.6. The van der Waals surface area contributed by atoms with Crippen LogP contribution in [-0.4, -0.2) is 24.0 Å². The van der Waals surface area contributed by atoms with Crippen molar-refractivity contribution in [1.82, 2.24) is 0 Å². The Hall–Kier alpha value is -2.63. The fraction of sp³-hybridized carbons (Fsp3) is 0.621. The number of rotatable bonds is 18. The number of carbonyl (C=O) groups excluding carboxylic acids is 3. The van der Waals surface area contributed by atoms with Gasteiger partial charge in [-0.05, 0) is 56.2 Å². The standard InChI is InChI=1S/C29H44O6/c1-5-6-7-15-18-27(33-23(2)30)19-16-13-11-9-8-10-12-14-17-26-20-28(34-24(3)31)22-29(21-26)35-25(4)32/h13,16,20-22,27H,5-12,14-15,17-19H2,1-4H3/t27-/m0/s1. The molecule has 1 aromatic carbocycles. The minimum atomic E-state index is -0.404. The van der Waals surface area contributed by atoms with Crippen LogP contribution in [0.25, 0.3) is 0 Å². The number of aryl methyl sites for hydroxylation is 1. The maximum absolute atomic E-state index is 11.3. The molecule has 0 bridgehead atoms. The molecule has 1 aromatic rings. The van der Waals surface area contributed by atoms with E-state index in [9.17, 15) is 14.4 Å². The third-order valence-corrected chi connectivity index (χ3v) is 5.58. The van der Waals surface area contributed by atoms with Crippen LogP contribution in [0.15, 0.2) is 30.4 Å². The van der Waals surface area contributed by atoms with Gasteiger partial charge in [0.25, 0.3) is 0 Å². The monoisotopic (exact) mass is 488 g/mol. The van der Waals surface area contributed by atoms with E-state index in [1.807, 2.05) is 12.1 Å². The summed E-state index contributed by atoms with van der Waals surface area (Å²) in [5, 5.41) is 0. The molecular formula is C29H44O6. The average molecular weight is 489 g/mol. The van der Waals surface area contributed by atoms with Crippen molar-refractivity contribution in [1.29, 1.82) is 0 Å². The van der Waals surface area contributed by atoms with Crippen molar-refractivity contribution >= 4 is 17.9 Å². The fourth-order valence-electron chi connectivity index (χ4n) is 3.97. The summed E-state index contributed by atoms with van der Waals surface area (Å²) in [6.07, 6.45) is 18.3. The van der Waals surface area contributed by atoms with Crippen LogP contribution in [0.3, 0.4) is 0 Å². The topological polar surface area (TPSA) is 78.9 Å². The summed E-state index contributed by atoms with van der Waals surface area (Å²) in [5.41, 5.74) is 0.986. The van der Waals surface area contributed by atoms with Crippen molar-refractivity contribution in [3.63, 3.8) is 0 Å². The predicted octanol–water partition coefficient (Wildman–Crippen LogP) is 7.27. The van der Waals surface area contributed by atoms with Gasteiger partial charge in [-0.2, -0.15) is 0 Å². The summed E-state index contributed by atoms with van der Waals surface area (Å²) < 4.78 is 15.8. The molecule has 0 aliphatic rings. The summed E-state index contributed by atoms with van der Waals surface area (Å²) in [7, 11) is 0. The zero-order valence-corrected chi connectivity index (χ0v) is 22.1. The van der Waals surface area contributed by atoms with Crippen molar-refractivity contribution in [2.45, 2.75) is 117 Å². The summed E-state index contributed by atoms with van der Waals surface area (Å²) in [5.74, 6) is -0.206. The number of benzene rings is 1. The molecule has 0 spiro atoms. The van der Waals surface area contributed by atoms with Crippen molar-refractivity contribution < 1.29 is 28.6 Å². The quantitative estimate of drug-likeness (QED) is 0.0936. The van der Waals surface area contributed by atoms with E-state index in [-0.39, 0.29) is 12.1 Å². The average Bonchev–Trinajstić information content (AvgIpc) is 2.76. The Morgan fingerprint density at radius 3 is 1.94 bits per heavy atom. The molecule has 6 heteroatoms. The second-order valence-electron chi connectivity index (χ2n) is 9.09. The molecule has 0 saturated heterocycles. The van der Waals surface area contributed by atoms with E-state index in [0.29, 0.717) is 11.5 Å². The lowest BCUT2D eigenvalue weighted by Gasteiger charge is -2.15. The van der Waals surface area contributed by atoms with E-state index >= 15 is 0 Å². The van der Waals surface area contributed by atoms with Crippen LogP contribution in [-0.2, 0) is 25.5 Å². The smallest absolute Gasteiger partial charge is 0.308 e. The van der Waals surface area contributed by atoms with E-state index in [2.05, 4.69) is 19.1 Å². The second kappa shape index (κ2) is 18.7. The first kappa shape index (κ1) is 30.4. The lowest BCUT2D eigenvalue weighted by molar-refractivity contribution is -0.146. The first-order valence-corrected chi connectivity index (χ1v) is 13.1. The molecule has 1 atom stereocenters. The van der Waals surface area contributed by atoms with E-state index in [1.54, 1.807) is 6.07 Å². The highest BCUT2D eigenvalue weighted by atomic mass is 16.5. The Morgan fingerprint density at radius 2 is 1.34 bits per heavy atom. The molecule has 0 aliphatic heterocycles. The zero-order valence-electron chi connectivity index (χ0n) is 22.1. The summed E-state index contributed by atoms with van der Waals surface area (Å²) in [6, 6.07) is 5.21. The number of esters is 3. The minimum absolute atomic E-state index is 0.00122. The van der Waals surface area contributed by atoms with Crippen molar-refractivity contribution in [3.8, 4) is 11.5 Å². The molecular weight excluding hydrogens is 444 g/mol. The van der Waals surface area contributed by atoms with Crippen LogP contribution in [0, 0.1) is 0 Å². The highest BCUT2D eigenvalue weighted by Crippen LogP contribution is 2.25. The van der Waals surface area contributed by atoms with Gasteiger partial charge in [-0.25, -0.2) is 0 Å². The highest BCUT2D eigenvalue weighted by molar-refractivity contribution is 5.71. The number of carbonyl (C=O) groups is 3. The Morgan fingerprint density at radius 1 is 0.743 bits per heavy atom.